The fourth-order valence-electron chi connectivity index (χ4n) is 1.58. The number of aromatic nitrogens is 2. The lowest BCUT2D eigenvalue weighted by Gasteiger charge is -2.06. The summed E-state index contributed by atoms with van der Waals surface area (Å²) in [6.07, 6.45) is 1.35. The Balaban J connectivity index is 2.50. The van der Waals surface area contributed by atoms with Crippen molar-refractivity contribution in [1.82, 2.24) is 9.97 Å². The highest BCUT2D eigenvalue weighted by molar-refractivity contribution is 5.59. The predicted molar refractivity (Wildman–Crippen MR) is 66.0 cm³/mol. The Bertz CT molecular complexity index is 605. The second kappa shape index (κ2) is 4.29. The lowest BCUT2D eigenvalue weighted by atomic mass is 10.1. The molecule has 3 N–H and O–H groups in total. The maximum atomic E-state index is 11.4. The summed E-state index contributed by atoms with van der Waals surface area (Å²) < 4.78 is 5.17. The average molecular weight is 231 g/mol. The number of H-pyrrole nitrogens is 1. The molecular formula is C12H13N3O2. The minimum Gasteiger partial charge on any atom is -0.496 e. The van der Waals surface area contributed by atoms with Gasteiger partial charge < -0.3 is 15.5 Å². The van der Waals surface area contributed by atoms with Crippen molar-refractivity contribution in [1.29, 1.82) is 0 Å². The SMILES string of the molecule is COc1ccc(-c2ncc(N)c(=O)[nH]2)cc1C. The van der Waals surface area contributed by atoms with Gasteiger partial charge in [-0.2, -0.15) is 0 Å². The van der Waals surface area contributed by atoms with E-state index in [1.165, 1.54) is 6.20 Å². The minimum atomic E-state index is -0.330. The van der Waals surface area contributed by atoms with Crippen LogP contribution in [0, 0.1) is 6.92 Å². The van der Waals surface area contributed by atoms with Crippen LogP contribution < -0.4 is 16.0 Å². The predicted octanol–water partition coefficient (Wildman–Crippen LogP) is 1.34. The van der Waals surface area contributed by atoms with Gasteiger partial charge in [-0.1, -0.05) is 0 Å². The van der Waals surface area contributed by atoms with Crippen LogP contribution in [-0.4, -0.2) is 17.1 Å². The van der Waals surface area contributed by atoms with Crippen molar-refractivity contribution < 1.29 is 4.74 Å². The van der Waals surface area contributed by atoms with Gasteiger partial charge in [0, 0.05) is 5.56 Å². The molecule has 1 heterocycles. The van der Waals surface area contributed by atoms with E-state index in [-0.39, 0.29) is 11.2 Å². The van der Waals surface area contributed by atoms with Gasteiger partial charge in [-0.3, -0.25) is 4.79 Å². The molecule has 0 aliphatic rings. The van der Waals surface area contributed by atoms with Crippen LogP contribution in [-0.2, 0) is 0 Å². The molecule has 0 atom stereocenters. The Hall–Kier alpha value is -2.30. The summed E-state index contributed by atoms with van der Waals surface area (Å²) in [5, 5.41) is 0. The molecular weight excluding hydrogens is 218 g/mol. The molecule has 0 saturated carbocycles. The number of benzene rings is 1. The number of rotatable bonds is 2. The first-order valence-electron chi connectivity index (χ1n) is 5.11. The Morgan fingerprint density at radius 1 is 1.41 bits per heavy atom. The summed E-state index contributed by atoms with van der Waals surface area (Å²) in [5.74, 6) is 1.29. The second-order valence-electron chi connectivity index (χ2n) is 3.70. The van der Waals surface area contributed by atoms with Crippen LogP contribution in [0.4, 0.5) is 5.69 Å². The van der Waals surface area contributed by atoms with Gasteiger partial charge in [0.25, 0.3) is 5.56 Å². The third kappa shape index (κ3) is 2.13. The highest BCUT2D eigenvalue weighted by Crippen LogP contribution is 2.23. The van der Waals surface area contributed by atoms with Crippen molar-refractivity contribution >= 4 is 5.69 Å². The maximum Gasteiger partial charge on any atom is 0.274 e. The summed E-state index contributed by atoms with van der Waals surface area (Å²) in [4.78, 5) is 18.1. The zero-order valence-corrected chi connectivity index (χ0v) is 9.65. The van der Waals surface area contributed by atoms with Crippen molar-refractivity contribution in [3.63, 3.8) is 0 Å². The molecule has 0 aliphatic carbocycles. The molecule has 2 aromatic rings. The first-order chi connectivity index (χ1) is 8.11. The van der Waals surface area contributed by atoms with Gasteiger partial charge in [-0.25, -0.2) is 4.98 Å². The fraction of sp³-hybridized carbons (Fsp3) is 0.167. The summed E-state index contributed by atoms with van der Waals surface area (Å²) in [6.45, 7) is 1.93. The summed E-state index contributed by atoms with van der Waals surface area (Å²) in [5.41, 5.74) is 6.99. The molecule has 1 aromatic carbocycles. The Labute approximate surface area is 98.3 Å². The first-order valence-corrected chi connectivity index (χ1v) is 5.11. The zero-order chi connectivity index (χ0) is 12.4. The highest BCUT2D eigenvalue weighted by atomic mass is 16.5. The van der Waals surface area contributed by atoms with E-state index in [0.29, 0.717) is 5.82 Å². The molecule has 0 saturated heterocycles. The van der Waals surface area contributed by atoms with Crippen LogP contribution in [0.1, 0.15) is 5.56 Å². The number of ether oxygens (including phenoxy) is 1. The van der Waals surface area contributed by atoms with Crippen LogP contribution in [0.15, 0.2) is 29.2 Å². The fourth-order valence-corrected chi connectivity index (χ4v) is 1.58. The number of nitrogens with two attached hydrogens (primary N) is 1. The number of nitrogen functional groups attached to an aromatic ring is 1. The standard InChI is InChI=1S/C12H13N3O2/c1-7-5-8(3-4-10(7)17-2)11-14-6-9(13)12(16)15-11/h3-6H,13H2,1-2H3,(H,14,15,16). The quantitative estimate of drug-likeness (QED) is 0.817. The number of aromatic amines is 1. The third-order valence-electron chi connectivity index (χ3n) is 2.50. The highest BCUT2D eigenvalue weighted by Gasteiger charge is 2.05. The molecule has 2 rings (SSSR count). The smallest absolute Gasteiger partial charge is 0.274 e. The summed E-state index contributed by atoms with van der Waals surface area (Å²) in [7, 11) is 1.62. The molecule has 88 valence electrons. The number of nitrogens with zero attached hydrogens (tertiary/aromatic N) is 1. The molecule has 0 amide bonds. The molecule has 0 bridgehead atoms. The molecule has 1 aromatic heterocycles. The van der Waals surface area contributed by atoms with E-state index in [4.69, 9.17) is 10.5 Å². The van der Waals surface area contributed by atoms with Crippen molar-refractivity contribution in [2.75, 3.05) is 12.8 Å². The Kier molecular flexibility index (Phi) is 2.82. The van der Waals surface area contributed by atoms with E-state index in [0.717, 1.165) is 16.9 Å². The van der Waals surface area contributed by atoms with E-state index in [2.05, 4.69) is 9.97 Å². The minimum absolute atomic E-state index is 0.110. The van der Waals surface area contributed by atoms with Crippen molar-refractivity contribution in [3.05, 3.63) is 40.3 Å². The van der Waals surface area contributed by atoms with Crippen LogP contribution in [0.2, 0.25) is 0 Å². The first kappa shape index (κ1) is 11.2. The van der Waals surface area contributed by atoms with Gasteiger partial charge in [0.1, 0.15) is 17.3 Å². The van der Waals surface area contributed by atoms with Crippen LogP contribution in [0.25, 0.3) is 11.4 Å². The van der Waals surface area contributed by atoms with Gasteiger partial charge in [0.05, 0.1) is 13.3 Å². The van der Waals surface area contributed by atoms with Crippen LogP contribution in [0.3, 0.4) is 0 Å². The van der Waals surface area contributed by atoms with Gasteiger partial charge >= 0.3 is 0 Å². The van der Waals surface area contributed by atoms with Crippen LogP contribution >= 0.6 is 0 Å². The maximum absolute atomic E-state index is 11.4. The third-order valence-corrected chi connectivity index (χ3v) is 2.50. The molecule has 0 radical (unpaired) electrons. The average Bonchev–Trinajstić information content (AvgIpc) is 2.32. The number of aryl methyl sites for hydroxylation is 1. The van der Waals surface area contributed by atoms with Gasteiger partial charge in [-0.05, 0) is 30.7 Å². The normalized spacial score (nSPS) is 10.2. The lowest BCUT2D eigenvalue weighted by Crippen LogP contribution is -2.13. The second-order valence-corrected chi connectivity index (χ2v) is 3.70. The Morgan fingerprint density at radius 2 is 2.18 bits per heavy atom. The van der Waals surface area contributed by atoms with Gasteiger partial charge in [0.15, 0.2) is 0 Å². The Morgan fingerprint density at radius 3 is 2.76 bits per heavy atom. The van der Waals surface area contributed by atoms with E-state index in [1.807, 2.05) is 25.1 Å². The number of methoxy groups -OCH3 is 1. The van der Waals surface area contributed by atoms with Crippen molar-refractivity contribution in [3.8, 4) is 17.1 Å². The van der Waals surface area contributed by atoms with E-state index >= 15 is 0 Å². The van der Waals surface area contributed by atoms with Crippen molar-refractivity contribution in [2.45, 2.75) is 6.92 Å². The number of nitrogens with one attached hydrogen (secondary N) is 1. The van der Waals surface area contributed by atoms with E-state index < -0.39 is 0 Å². The molecule has 0 spiro atoms. The molecule has 0 unspecified atom stereocenters. The summed E-state index contributed by atoms with van der Waals surface area (Å²) in [6, 6.07) is 5.56. The molecule has 5 heteroatoms. The topological polar surface area (TPSA) is 81.0 Å². The van der Waals surface area contributed by atoms with Crippen molar-refractivity contribution in [2.24, 2.45) is 0 Å². The molecule has 0 aliphatic heterocycles. The lowest BCUT2D eigenvalue weighted by molar-refractivity contribution is 0.412. The van der Waals surface area contributed by atoms with Gasteiger partial charge in [-0.15, -0.1) is 0 Å². The largest absolute Gasteiger partial charge is 0.496 e. The monoisotopic (exact) mass is 231 g/mol. The summed E-state index contributed by atoms with van der Waals surface area (Å²) >= 11 is 0. The van der Waals surface area contributed by atoms with Crippen LogP contribution in [0.5, 0.6) is 5.75 Å². The zero-order valence-electron chi connectivity index (χ0n) is 9.65. The molecule has 17 heavy (non-hydrogen) atoms. The molecule has 5 nitrogen and oxygen atoms in total. The van der Waals surface area contributed by atoms with E-state index in [9.17, 15) is 4.79 Å². The number of hydrogen-bond donors (Lipinski definition) is 2. The van der Waals surface area contributed by atoms with Gasteiger partial charge in [0.2, 0.25) is 0 Å². The number of hydrogen-bond acceptors (Lipinski definition) is 4. The molecule has 0 fully saturated rings. The number of anilines is 1. The van der Waals surface area contributed by atoms with E-state index in [1.54, 1.807) is 7.11 Å².